The third-order valence-corrected chi connectivity index (χ3v) is 4.60. The smallest absolute Gasteiger partial charge is 0.320 e. The van der Waals surface area contributed by atoms with E-state index in [1.807, 2.05) is 9.80 Å². The number of likely N-dealkylation sites (tertiary alicyclic amines) is 1. The van der Waals surface area contributed by atoms with E-state index >= 15 is 0 Å². The van der Waals surface area contributed by atoms with Crippen LogP contribution in [0.1, 0.15) is 19.8 Å². The van der Waals surface area contributed by atoms with Crippen molar-refractivity contribution in [2.24, 2.45) is 0 Å². The van der Waals surface area contributed by atoms with Crippen molar-refractivity contribution in [3.63, 3.8) is 0 Å². The van der Waals surface area contributed by atoms with Gasteiger partial charge in [-0.3, -0.25) is 4.79 Å². The molecule has 3 aliphatic rings. The van der Waals surface area contributed by atoms with Crippen molar-refractivity contribution in [1.29, 1.82) is 0 Å². The summed E-state index contributed by atoms with van der Waals surface area (Å²) < 4.78 is 11.4. The maximum Gasteiger partial charge on any atom is 0.320 e. The van der Waals surface area contributed by atoms with Crippen LogP contribution < -0.4 is 0 Å². The molecule has 3 fully saturated rings. The monoisotopic (exact) mass is 297 g/mol. The SMILES string of the molecule is CC(=O)N1CCN(C(=O)N2CCC3(CC2)OCCO3)CC1. The van der Waals surface area contributed by atoms with Gasteiger partial charge >= 0.3 is 6.03 Å². The Balaban J connectivity index is 1.49. The minimum atomic E-state index is -0.440. The number of piperidine rings is 1. The molecule has 0 aromatic heterocycles. The molecule has 3 rings (SSSR count). The molecule has 0 unspecified atom stereocenters. The molecule has 1 spiro atoms. The Morgan fingerprint density at radius 1 is 0.810 bits per heavy atom. The number of carbonyl (C=O) groups is 2. The van der Waals surface area contributed by atoms with Crippen LogP contribution in [0.15, 0.2) is 0 Å². The van der Waals surface area contributed by atoms with Gasteiger partial charge in [0.1, 0.15) is 0 Å². The van der Waals surface area contributed by atoms with Crippen LogP contribution in [0, 0.1) is 0 Å². The van der Waals surface area contributed by atoms with Gasteiger partial charge in [-0.25, -0.2) is 4.79 Å². The van der Waals surface area contributed by atoms with Gasteiger partial charge in [0.2, 0.25) is 5.91 Å². The molecule has 3 aliphatic heterocycles. The van der Waals surface area contributed by atoms with Gasteiger partial charge in [0.25, 0.3) is 0 Å². The van der Waals surface area contributed by atoms with Gasteiger partial charge in [-0.2, -0.15) is 0 Å². The number of hydrogen-bond acceptors (Lipinski definition) is 4. The van der Waals surface area contributed by atoms with Crippen LogP contribution in [0.25, 0.3) is 0 Å². The van der Waals surface area contributed by atoms with Crippen molar-refractivity contribution in [3.05, 3.63) is 0 Å². The zero-order valence-electron chi connectivity index (χ0n) is 12.5. The number of rotatable bonds is 0. The fraction of sp³-hybridized carbons (Fsp3) is 0.857. The summed E-state index contributed by atoms with van der Waals surface area (Å²) in [6.07, 6.45) is 1.48. The molecule has 0 saturated carbocycles. The summed E-state index contributed by atoms with van der Waals surface area (Å²) in [4.78, 5) is 29.3. The Morgan fingerprint density at radius 3 is 1.81 bits per heavy atom. The summed E-state index contributed by atoms with van der Waals surface area (Å²) in [6.45, 7) is 6.72. The Bertz CT molecular complexity index is 404. The van der Waals surface area contributed by atoms with Gasteiger partial charge in [-0.05, 0) is 0 Å². The fourth-order valence-electron chi connectivity index (χ4n) is 3.24. The molecule has 0 aromatic rings. The minimum absolute atomic E-state index is 0.0750. The topological polar surface area (TPSA) is 62.3 Å². The van der Waals surface area contributed by atoms with E-state index in [0.717, 1.165) is 12.8 Å². The number of amides is 3. The van der Waals surface area contributed by atoms with Crippen LogP contribution in [0.5, 0.6) is 0 Å². The van der Waals surface area contributed by atoms with Crippen LogP contribution in [-0.2, 0) is 14.3 Å². The van der Waals surface area contributed by atoms with E-state index in [2.05, 4.69) is 0 Å². The second kappa shape index (κ2) is 5.81. The van der Waals surface area contributed by atoms with E-state index in [9.17, 15) is 9.59 Å². The molecule has 3 heterocycles. The summed E-state index contributed by atoms with van der Waals surface area (Å²) in [6, 6.07) is 0.0750. The van der Waals surface area contributed by atoms with Gasteiger partial charge in [-0.15, -0.1) is 0 Å². The third kappa shape index (κ3) is 2.98. The summed E-state index contributed by atoms with van der Waals surface area (Å²) in [5, 5.41) is 0. The first-order valence-electron chi connectivity index (χ1n) is 7.67. The van der Waals surface area contributed by atoms with Crippen LogP contribution in [0.4, 0.5) is 4.79 Å². The van der Waals surface area contributed by atoms with Crippen molar-refractivity contribution in [3.8, 4) is 0 Å². The molecule has 21 heavy (non-hydrogen) atoms. The average molecular weight is 297 g/mol. The van der Waals surface area contributed by atoms with Crippen molar-refractivity contribution < 1.29 is 19.1 Å². The van der Waals surface area contributed by atoms with Gasteiger partial charge < -0.3 is 24.2 Å². The van der Waals surface area contributed by atoms with Crippen molar-refractivity contribution in [2.45, 2.75) is 25.6 Å². The van der Waals surface area contributed by atoms with E-state index in [1.54, 1.807) is 11.8 Å². The number of nitrogens with zero attached hydrogens (tertiary/aromatic N) is 3. The maximum absolute atomic E-state index is 12.5. The third-order valence-electron chi connectivity index (χ3n) is 4.60. The second-order valence-electron chi connectivity index (χ2n) is 5.87. The molecular weight excluding hydrogens is 274 g/mol. The van der Waals surface area contributed by atoms with E-state index in [1.165, 1.54) is 0 Å². The Hall–Kier alpha value is -1.34. The molecule has 3 amide bonds. The van der Waals surface area contributed by atoms with E-state index < -0.39 is 5.79 Å². The summed E-state index contributed by atoms with van der Waals surface area (Å²) in [7, 11) is 0. The predicted molar refractivity (Wildman–Crippen MR) is 74.7 cm³/mol. The number of carbonyl (C=O) groups excluding carboxylic acids is 2. The van der Waals surface area contributed by atoms with Crippen LogP contribution >= 0.6 is 0 Å². The van der Waals surface area contributed by atoms with Gasteiger partial charge in [0.05, 0.1) is 13.2 Å². The lowest BCUT2D eigenvalue weighted by atomic mass is 10.0. The van der Waals surface area contributed by atoms with Crippen molar-refractivity contribution >= 4 is 11.9 Å². The quantitative estimate of drug-likeness (QED) is 0.637. The largest absolute Gasteiger partial charge is 0.347 e. The standard InChI is InChI=1S/C14H23N3O4/c1-12(18)15-6-8-17(9-7-15)13(19)16-4-2-14(3-5-16)20-10-11-21-14/h2-11H2,1H3. The summed E-state index contributed by atoms with van der Waals surface area (Å²) in [5.74, 6) is -0.359. The van der Waals surface area contributed by atoms with Crippen LogP contribution in [0.3, 0.4) is 0 Å². The first kappa shape index (κ1) is 14.6. The van der Waals surface area contributed by atoms with Crippen molar-refractivity contribution in [2.75, 3.05) is 52.5 Å². The Labute approximate surface area is 124 Å². The first-order valence-corrected chi connectivity index (χ1v) is 7.67. The second-order valence-corrected chi connectivity index (χ2v) is 5.87. The highest BCUT2D eigenvalue weighted by atomic mass is 16.7. The number of urea groups is 1. The molecule has 0 radical (unpaired) electrons. The highest BCUT2D eigenvalue weighted by molar-refractivity contribution is 5.76. The van der Waals surface area contributed by atoms with E-state index in [4.69, 9.17) is 9.47 Å². The first-order chi connectivity index (χ1) is 10.1. The zero-order chi connectivity index (χ0) is 14.9. The Morgan fingerprint density at radius 2 is 1.29 bits per heavy atom. The summed E-state index contributed by atoms with van der Waals surface area (Å²) >= 11 is 0. The maximum atomic E-state index is 12.5. The highest BCUT2D eigenvalue weighted by Crippen LogP contribution is 2.31. The number of hydrogen-bond donors (Lipinski definition) is 0. The van der Waals surface area contributed by atoms with E-state index in [-0.39, 0.29) is 11.9 Å². The molecule has 0 aliphatic carbocycles. The molecule has 0 bridgehead atoms. The zero-order valence-corrected chi connectivity index (χ0v) is 12.5. The number of ether oxygens (including phenoxy) is 2. The molecule has 118 valence electrons. The summed E-state index contributed by atoms with van der Waals surface area (Å²) in [5.41, 5.74) is 0. The van der Waals surface area contributed by atoms with Crippen LogP contribution in [0.2, 0.25) is 0 Å². The molecule has 0 atom stereocenters. The van der Waals surface area contributed by atoms with E-state index in [0.29, 0.717) is 52.5 Å². The molecule has 0 aromatic carbocycles. The molecule has 7 nitrogen and oxygen atoms in total. The lowest BCUT2D eigenvalue weighted by molar-refractivity contribution is -0.182. The highest BCUT2D eigenvalue weighted by Gasteiger charge is 2.41. The molecule has 7 heteroatoms. The normalized spacial score (nSPS) is 25.5. The van der Waals surface area contributed by atoms with Gasteiger partial charge in [0, 0.05) is 59.0 Å². The molecule has 3 saturated heterocycles. The molecular formula is C14H23N3O4. The van der Waals surface area contributed by atoms with Gasteiger partial charge in [-0.1, -0.05) is 0 Å². The Kier molecular flexibility index (Phi) is 4.03. The van der Waals surface area contributed by atoms with Crippen molar-refractivity contribution in [1.82, 2.24) is 14.7 Å². The van der Waals surface area contributed by atoms with Gasteiger partial charge in [0.15, 0.2) is 5.79 Å². The lowest BCUT2D eigenvalue weighted by Crippen LogP contribution is -2.56. The average Bonchev–Trinajstić information content (AvgIpc) is 2.96. The predicted octanol–water partition coefficient (Wildman–Crippen LogP) is 0.109. The molecule has 0 N–H and O–H groups in total. The fourth-order valence-corrected chi connectivity index (χ4v) is 3.24. The number of piperazine rings is 1. The van der Waals surface area contributed by atoms with Crippen LogP contribution in [-0.4, -0.2) is 84.9 Å². The minimum Gasteiger partial charge on any atom is -0.347 e. The lowest BCUT2D eigenvalue weighted by Gasteiger charge is -2.41.